The van der Waals surface area contributed by atoms with Gasteiger partial charge >= 0.3 is 7.12 Å². The number of hydrogen-bond donors (Lipinski definition) is 2. The first-order valence-corrected chi connectivity index (χ1v) is 8.67. The van der Waals surface area contributed by atoms with Crippen LogP contribution in [0.25, 0.3) is 41.7 Å². The molecule has 2 nitrogen and oxygen atoms in total. The van der Waals surface area contributed by atoms with Crippen molar-refractivity contribution in [3.63, 3.8) is 0 Å². The Hall–Kier alpha value is -2.40. The van der Waals surface area contributed by atoms with E-state index in [1.54, 1.807) is 17.4 Å². The number of rotatable bonds is 1. The molecule has 0 saturated carbocycles. The van der Waals surface area contributed by atoms with Crippen molar-refractivity contribution in [2.24, 2.45) is 0 Å². The summed E-state index contributed by atoms with van der Waals surface area (Å²) in [6.45, 7) is 0. The lowest BCUT2D eigenvalue weighted by Gasteiger charge is -2.05. The smallest absolute Gasteiger partial charge is 0.423 e. The lowest BCUT2D eigenvalue weighted by molar-refractivity contribution is 0.426. The van der Waals surface area contributed by atoms with Gasteiger partial charge in [-0.2, -0.15) is 0 Å². The quantitative estimate of drug-likeness (QED) is 0.456. The van der Waals surface area contributed by atoms with Crippen LogP contribution in [-0.4, -0.2) is 17.2 Å². The van der Waals surface area contributed by atoms with E-state index in [0.717, 1.165) is 10.8 Å². The van der Waals surface area contributed by atoms with Crippen LogP contribution in [0.2, 0.25) is 0 Å². The molecular weight excluding hydrogens is 315 g/mol. The van der Waals surface area contributed by atoms with Crippen LogP contribution in [0.3, 0.4) is 0 Å². The molecule has 1 heterocycles. The van der Waals surface area contributed by atoms with Gasteiger partial charge < -0.3 is 10.0 Å². The molecule has 0 radical (unpaired) electrons. The fourth-order valence-electron chi connectivity index (χ4n) is 3.50. The van der Waals surface area contributed by atoms with E-state index in [1.807, 2.05) is 12.1 Å². The standard InChI is InChI=1S/C20H13BO2S/c22-21(23)14-8-5-13-7-10-18-19(17(13)11-14)16-9-6-12-3-1-2-4-15(12)20(16)24-18/h1-11,22-23H. The topological polar surface area (TPSA) is 40.5 Å². The molecule has 0 unspecified atom stereocenters. The molecule has 0 amide bonds. The van der Waals surface area contributed by atoms with Gasteiger partial charge in [-0.3, -0.25) is 0 Å². The van der Waals surface area contributed by atoms with Crippen LogP contribution in [0.1, 0.15) is 0 Å². The summed E-state index contributed by atoms with van der Waals surface area (Å²) in [6, 6.07) is 22.6. The second-order valence-corrected chi connectivity index (χ2v) is 7.11. The molecular formula is C20H13BO2S. The molecule has 0 fully saturated rings. The van der Waals surface area contributed by atoms with E-state index >= 15 is 0 Å². The molecule has 0 aliphatic carbocycles. The predicted molar refractivity (Wildman–Crippen MR) is 104 cm³/mol. The molecule has 0 spiro atoms. The predicted octanol–water partition coefficient (Wildman–Crippen LogP) is 4.04. The molecule has 5 rings (SSSR count). The Kier molecular flexibility index (Phi) is 2.94. The van der Waals surface area contributed by atoms with Crippen LogP contribution in [-0.2, 0) is 0 Å². The zero-order chi connectivity index (χ0) is 16.3. The van der Waals surface area contributed by atoms with Crippen molar-refractivity contribution in [1.82, 2.24) is 0 Å². The summed E-state index contributed by atoms with van der Waals surface area (Å²) in [5, 5.41) is 26.1. The lowest BCUT2D eigenvalue weighted by Crippen LogP contribution is -2.29. The second kappa shape index (κ2) is 5.05. The maximum absolute atomic E-state index is 9.52. The summed E-state index contributed by atoms with van der Waals surface area (Å²) in [5.74, 6) is 0. The van der Waals surface area contributed by atoms with E-state index in [9.17, 15) is 10.0 Å². The fraction of sp³-hybridized carbons (Fsp3) is 0. The first-order valence-electron chi connectivity index (χ1n) is 7.85. The summed E-state index contributed by atoms with van der Waals surface area (Å²) in [6.07, 6.45) is 0. The molecule has 24 heavy (non-hydrogen) atoms. The number of fused-ring (bicyclic) bond motifs is 7. The van der Waals surface area contributed by atoms with E-state index in [0.29, 0.717) is 5.46 Å². The Morgan fingerprint density at radius 3 is 2.33 bits per heavy atom. The second-order valence-electron chi connectivity index (χ2n) is 6.06. The zero-order valence-corrected chi connectivity index (χ0v) is 13.5. The fourth-order valence-corrected chi connectivity index (χ4v) is 4.75. The molecule has 0 aliphatic rings. The van der Waals surface area contributed by atoms with Gasteiger partial charge in [-0.25, -0.2) is 0 Å². The van der Waals surface area contributed by atoms with Crippen molar-refractivity contribution in [2.75, 3.05) is 0 Å². The molecule has 4 heteroatoms. The molecule has 0 atom stereocenters. The van der Waals surface area contributed by atoms with Gasteiger partial charge in [0.25, 0.3) is 0 Å². The Labute approximate surface area is 142 Å². The number of benzene rings is 4. The highest BCUT2D eigenvalue weighted by Crippen LogP contribution is 2.41. The summed E-state index contributed by atoms with van der Waals surface area (Å²) >= 11 is 1.80. The van der Waals surface area contributed by atoms with Gasteiger partial charge in [-0.05, 0) is 33.1 Å². The minimum absolute atomic E-state index is 0.523. The van der Waals surface area contributed by atoms with Crippen molar-refractivity contribution >= 4 is 65.6 Å². The Morgan fingerprint density at radius 1 is 0.708 bits per heavy atom. The van der Waals surface area contributed by atoms with Gasteiger partial charge in [0.1, 0.15) is 0 Å². The molecule has 0 aliphatic heterocycles. The van der Waals surface area contributed by atoms with Crippen LogP contribution >= 0.6 is 11.3 Å². The number of thiophene rings is 1. The first-order chi connectivity index (χ1) is 11.7. The van der Waals surface area contributed by atoms with Crippen molar-refractivity contribution < 1.29 is 10.0 Å². The maximum Gasteiger partial charge on any atom is 0.488 e. The SMILES string of the molecule is OB(O)c1ccc2ccc3sc4c5ccccc5ccc4c3c2c1. The summed E-state index contributed by atoms with van der Waals surface area (Å²) in [5.41, 5.74) is 0.523. The van der Waals surface area contributed by atoms with Gasteiger partial charge in [-0.1, -0.05) is 60.7 Å². The van der Waals surface area contributed by atoms with E-state index in [4.69, 9.17) is 0 Å². The van der Waals surface area contributed by atoms with E-state index in [1.165, 1.54) is 30.9 Å². The van der Waals surface area contributed by atoms with Crippen LogP contribution in [0.5, 0.6) is 0 Å². The van der Waals surface area contributed by atoms with Crippen LogP contribution in [0, 0.1) is 0 Å². The zero-order valence-electron chi connectivity index (χ0n) is 12.7. The Balaban J connectivity index is 2.00. The van der Waals surface area contributed by atoms with Crippen molar-refractivity contribution in [1.29, 1.82) is 0 Å². The Bertz CT molecular complexity index is 1240. The highest BCUT2D eigenvalue weighted by Gasteiger charge is 2.15. The average Bonchev–Trinajstić information content (AvgIpc) is 3.00. The van der Waals surface area contributed by atoms with E-state index in [2.05, 4.69) is 48.5 Å². The number of hydrogen-bond acceptors (Lipinski definition) is 3. The van der Waals surface area contributed by atoms with E-state index < -0.39 is 7.12 Å². The molecule has 114 valence electrons. The minimum atomic E-state index is -1.45. The van der Waals surface area contributed by atoms with Crippen LogP contribution in [0.15, 0.2) is 66.7 Å². The average molecular weight is 328 g/mol. The van der Waals surface area contributed by atoms with Crippen molar-refractivity contribution in [2.45, 2.75) is 0 Å². The Morgan fingerprint density at radius 2 is 1.46 bits per heavy atom. The highest BCUT2D eigenvalue weighted by atomic mass is 32.1. The molecule has 0 saturated heterocycles. The van der Waals surface area contributed by atoms with Crippen molar-refractivity contribution in [3.8, 4) is 0 Å². The van der Waals surface area contributed by atoms with Gasteiger partial charge in [-0.15, -0.1) is 11.3 Å². The summed E-state index contributed by atoms with van der Waals surface area (Å²) in [7, 11) is -1.45. The van der Waals surface area contributed by atoms with Crippen molar-refractivity contribution in [3.05, 3.63) is 66.7 Å². The van der Waals surface area contributed by atoms with Gasteiger partial charge in [0.2, 0.25) is 0 Å². The van der Waals surface area contributed by atoms with E-state index in [-0.39, 0.29) is 0 Å². The third kappa shape index (κ3) is 1.91. The van der Waals surface area contributed by atoms with Gasteiger partial charge in [0.05, 0.1) is 0 Å². The molecule has 2 N–H and O–H groups in total. The maximum atomic E-state index is 9.52. The van der Waals surface area contributed by atoms with Crippen LogP contribution in [0.4, 0.5) is 0 Å². The van der Waals surface area contributed by atoms with Crippen LogP contribution < -0.4 is 5.46 Å². The lowest BCUT2D eigenvalue weighted by atomic mass is 9.79. The third-order valence-corrected chi connectivity index (χ3v) is 5.87. The summed E-state index contributed by atoms with van der Waals surface area (Å²) in [4.78, 5) is 0. The first kappa shape index (κ1) is 14.0. The highest BCUT2D eigenvalue weighted by molar-refractivity contribution is 7.26. The molecule has 5 aromatic rings. The van der Waals surface area contributed by atoms with Gasteiger partial charge in [0, 0.05) is 20.2 Å². The monoisotopic (exact) mass is 328 g/mol. The summed E-state index contributed by atoms with van der Waals surface area (Å²) < 4.78 is 2.50. The largest absolute Gasteiger partial charge is 0.488 e. The molecule has 0 bridgehead atoms. The molecule has 1 aromatic heterocycles. The van der Waals surface area contributed by atoms with Gasteiger partial charge in [0.15, 0.2) is 0 Å². The third-order valence-electron chi connectivity index (χ3n) is 4.67. The normalized spacial score (nSPS) is 11.8. The minimum Gasteiger partial charge on any atom is -0.423 e. The molecule has 4 aromatic carbocycles.